The van der Waals surface area contributed by atoms with E-state index >= 15 is 0 Å². The van der Waals surface area contributed by atoms with E-state index in [0.717, 1.165) is 0 Å². The van der Waals surface area contributed by atoms with Crippen LogP contribution in [0.2, 0.25) is 0 Å². The first-order chi connectivity index (χ1) is 5.33. The molecule has 0 saturated heterocycles. The van der Waals surface area contributed by atoms with Crippen LogP contribution < -0.4 is 0 Å². The van der Waals surface area contributed by atoms with E-state index in [4.69, 9.17) is 5.11 Å². The maximum atomic E-state index is 10.5. The van der Waals surface area contributed by atoms with Crippen LogP contribution in [0.15, 0.2) is 0 Å². The second-order valence-corrected chi connectivity index (χ2v) is 4.54. The Labute approximate surface area is 72.4 Å². The van der Waals surface area contributed by atoms with Gasteiger partial charge in [-0.2, -0.15) is 4.79 Å². The molecule has 0 rings (SSSR count). The molecule has 5 nitrogen and oxygen atoms in total. The number of hydrogen-bond donors (Lipinski definition) is 1. The first kappa shape index (κ1) is 11.5. The normalized spacial score (nSPS) is 12.8. The molecule has 1 atom stereocenters. The second kappa shape index (κ2) is 4.50. The quantitative estimate of drug-likeness (QED) is 0.527. The van der Waals surface area contributed by atoms with Crippen molar-refractivity contribution in [3.05, 3.63) is 0 Å². The predicted octanol–water partition coefficient (Wildman–Crippen LogP) is 1.13. The van der Waals surface area contributed by atoms with Gasteiger partial charge in [0.2, 0.25) is 0 Å². The molecule has 70 valence electrons. The Bertz CT molecular complexity index is 186. The Morgan fingerprint density at radius 2 is 2.00 bits per heavy atom. The first-order valence-electron chi connectivity index (χ1n) is 3.46. The van der Waals surface area contributed by atoms with Gasteiger partial charge >= 0.3 is 13.7 Å². The van der Waals surface area contributed by atoms with Crippen molar-refractivity contribution in [2.75, 3.05) is 34.3 Å². The summed E-state index contributed by atoms with van der Waals surface area (Å²) in [6, 6.07) is 0. The van der Waals surface area contributed by atoms with Crippen LogP contribution in [0.4, 0.5) is 4.79 Å². The highest BCUT2D eigenvalue weighted by molar-refractivity contribution is 7.58. The number of rotatable bonds is 5. The van der Waals surface area contributed by atoms with Gasteiger partial charge in [0.25, 0.3) is 0 Å². The summed E-state index contributed by atoms with van der Waals surface area (Å²) < 4.78 is 15.8. The van der Waals surface area contributed by atoms with Gasteiger partial charge in [-0.3, -0.25) is 0 Å². The maximum Gasteiger partial charge on any atom is 0.636 e. The number of quaternary nitrogens is 1. The SMILES string of the molecule is C[N+](C)(C)CCO[P+](=O)C(=O)O. The smallest absolute Gasteiger partial charge is 0.441 e. The molecule has 0 aromatic heterocycles. The van der Waals surface area contributed by atoms with Gasteiger partial charge in [0.15, 0.2) is 6.61 Å². The maximum absolute atomic E-state index is 10.5. The van der Waals surface area contributed by atoms with Gasteiger partial charge < -0.3 is 9.59 Å². The largest absolute Gasteiger partial charge is 0.636 e. The summed E-state index contributed by atoms with van der Waals surface area (Å²) in [5.41, 5.74) is -1.40. The molecule has 0 saturated carbocycles. The Hall–Kier alpha value is -0.510. The zero-order valence-corrected chi connectivity index (χ0v) is 8.38. The van der Waals surface area contributed by atoms with E-state index in [9.17, 15) is 9.36 Å². The van der Waals surface area contributed by atoms with Crippen molar-refractivity contribution < 1.29 is 23.5 Å². The molecule has 12 heavy (non-hydrogen) atoms. The number of likely N-dealkylation sites (N-methyl/N-ethyl adjacent to an activating group) is 1. The lowest BCUT2D eigenvalue weighted by Crippen LogP contribution is -2.37. The molecule has 0 heterocycles. The number of nitrogens with zero attached hydrogens (tertiary/aromatic N) is 1. The number of carboxylic acid groups (broad SMARTS) is 1. The molecule has 0 fully saturated rings. The van der Waals surface area contributed by atoms with Crippen LogP contribution in [0, 0.1) is 0 Å². The Kier molecular flexibility index (Phi) is 4.31. The van der Waals surface area contributed by atoms with Gasteiger partial charge in [0, 0.05) is 0 Å². The summed E-state index contributed by atoms with van der Waals surface area (Å²) in [5, 5.41) is 8.20. The lowest BCUT2D eigenvalue weighted by atomic mass is 10.5. The molecule has 0 spiro atoms. The average molecular weight is 195 g/mol. The Morgan fingerprint density at radius 1 is 1.50 bits per heavy atom. The van der Waals surface area contributed by atoms with Crippen molar-refractivity contribution in [2.24, 2.45) is 0 Å². The van der Waals surface area contributed by atoms with E-state index in [0.29, 0.717) is 11.0 Å². The van der Waals surface area contributed by atoms with Crippen molar-refractivity contribution in [3.8, 4) is 0 Å². The van der Waals surface area contributed by atoms with E-state index in [-0.39, 0.29) is 6.61 Å². The first-order valence-corrected chi connectivity index (χ1v) is 4.64. The lowest BCUT2D eigenvalue weighted by molar-refractivity contribution is -0.870. The van der Waals surface area contributed by atoms with Crippen LogP contribution in [-0.4, -0.2) is 49.6 Å². The fourth-order valence-corrected chi connectivity index (χ4v) is 0.811. The molecule has 0 bridgehead atoms. The highest BCUT2D eigenvalue weighted by atomic mass is 31.1. The highest BCUT2D eigenvalue weighted by Gasteiger charge is 2.30. The van der Waals surface area contributed by atoms with E-state index in [1.165, 1.54) is 0 Å². The zero-order chi connectivity index (χ0) is 9.78. The minimum absolute atomic E-state index is 0.199. The summed E-state index contributed by atoms with van der Waals surface area (Å²) in [6.45, 7) is 0.833. The Balaban J connectivity index is 3.58. The van der Waals surface area contributed by atoms with Gasteiger partial charge in [0.1, 0.15) is 6.54 Å². The molecule has 0 aliphatic rings. The minimum atomic E-state index is -2.54. The molecule has 0 aromatic rings. The highest BCUT2D eigenvalue weighted by Crippen LogP contribution is 2.21. The van der Waals surface area contributed by atoms with E-state index < -0.39 is 13.7 Å². The number of carbonyl (C=O) groups is 1. The fraction of sp³-hybridized carbons (Fsp3) is 0.833. The molecule has 6 heteroatoms. The summed E-state index contributed by atoms with van der Waals surface area (Å²) in [5.74, 6) is 0. The van der Waals surface area contributed by atoms with Crippen LogP contribution in [0.1, 0.15) is 0 Å². The molecule has 0 amide bonds. The van der Waals surface area contributed by atoms with E-state index in [2.05, 4.69) is 4.52 Å². The van der Waals surface area contributed by atoms with Crippen LogP contribution in [-0.2, 0) is 9.09 Å². The zero-order valence-electron chi connectivity index (χ0n) is 7.48. The fourth-order valence-electron chi connectivity index (χ4n) is 0.453. The van der Waals surface area contributed by atoms with E-state index in [1.807, 2.05) is 21.1 Å². The number of hydrogen-bond acceptors (Lipinski definition) is 3. The van der Waals surface area contributed by atoms with E-state index in [1.54, 1.807) is 0 Å². The standard InChI is InChI=1S/C6H13NO4P/c1-7(2,3)4-5-11-12(10)6(8)9/h4-5H2,1-3H3/q+1/p+1. The van der Waals surface area contributed by atoms with Crippen molar-refractivity contribution in [1.82, 2.24) is 0 Å². The van der Waals surface area contributed by atoms with Gasteiger partial charge in [0.05, 0.1) is 21.1 Å². The lowest BCUT2D eigenvalue weighted by Gasteiger charge is -2.21. The van der Waals surface area contributed by atoms with Crippen molar-refractivity contribution >= 4 is 13.7 Å². The minimum Gasteiger partial charge on any atom is -0.441 e. The van der Waals surface area contributed by atoms with Gasteiger partial charge in [-0.05, 0) is 4.57 Å². The predicted molar refractivity (Wildman–Crippen MR) is 44.5 cm³/mol. The monoisotopic (exact) mass is 195 g/mol. The Morgan fingerprint density at radius 3 is 2.33 bits per heavy atom. The molecular formula is C6H14NO4P+2. The van der Waals surface area contributed by atoms with Crippen LogP contribution in [0.25, 0.3) is 0 Å². The molecular weight excluding hydrogens is 181 g/mol. The summed E-state index contributed by atoms with van der Waals surface area (Å²) >= 11 is 0. The molecule has 0 radical (unpaired) electrons. The molecule has 0 aliphatic heterocycles. The summed E-state index contributed by atoms with van der Waals surface area (Å²) in [7, 11) is 3.29. The van der Waals surface area contributed by atoms with Gasteiger partial charge in [-0.15, -0.1) is 4.52 Å². The van der Waals surface area contributed by atoms with Gasteiger partial charge in [-0.1, -0.05) is 0 Å². The van der Waals surface area contributed by atoms with Gasteiger partial charge in [-0.25, -0.2) is 0 Å². The van der Waals surface area contributed by atoms with Crippen molar-refractivity contribution in [2.45, 2.75) is 0 Å². The second-order valence-electron chi connectivity index (χ2n) is 3.39. The molecule has 0 aromatic carbocycles. The summed E-state index contributed by atoms with van der Waals surface area (Å²) in [4.78, 5) is 10.0. The molecule has 0 aliphatic carbocycles. The third-order valence-electron chi connectivity index (χ3n) is 1.13. The topological polar surface area (TPSA) is 63.6 Å². The van der Waals surface area contributed by atoms with Crippen LogP contribution in [0.3, 0.4) is 0 Å². The third-order valence-corrected chi connectivity index (χ3v) is 1.86. The van der Waals surface area contributed by atoms with Crippen LogP contribution in [0.5, 0.6) is 0 Å². The average Bonchev–Trinajstić information content (AvgIpc) is 1.84. The molecule has 1 N–H and O–H groups in total. The van der Waals surface area contributed by atoms with Crippen LogP contribution >= 0.6 is 8.03 Å². The third kappa shape index (κ3) is 6.22. The van der Waals surface area contributed by atoms with Crippen molar-refractivity contribution in [1.29, 1.82) is 0 Å². The summed E-state index contributed by atoms with van der Waals surface area (Å²) in [6.07, 6.45) is 0. The molecule has 1 unspecified atom stereocenters. The van der Waals surface area contributed by atoms with Crippen molar-refractivity contribution in [3.63, 3.8) is 0 Å².